The highest BCUT2D eigenvalue weighted by atomic mass is 19.1. The molecule has 2 atom stereocenters. The molecular formula is C9H17FN2O. The first-order chi connectivity index (χ1) is 6.31. The lowest BCUT2D eigenvalue weighted by Gasteiger charge is -2.42. The van der Waals surface area contributed by atoms with Gasteiger partial charge >= 0.3 is 0 Å². The molecule has 76 valence electrons. The van der Waals surface area contributed by atoms with Crippen molar-refractivity contribution in [2.75, 3.05) is 33.4 Å². The topological polar surface area (TPSA) is 24.5 Å². The second kappa shape index (κ2) is 3.90. The molecule has 2 aliphatic rings. The lowest BCUT2D eigenvalue weighted by atomic mass is 10.0. The predicted octanol–water partition coefficient (Wildman–Crippen LogP) is 0.0170. The van der Waals surface area contributed by atoms with E-state index in [1.54, 1.807) is 0 Å². The minimum atomic E-state index is -0.723. The van der Waals surface area contributed by atoms with Gasteiger partial charge in [-0.25, -0.2) is 4.39 Å². The second-order valence-electron chi connectivity index (χ2n) is 3.89. The molecular weight excluding hydrogens is 171 g/mol. The van der Waals surface area contributed by atoms with Crippen LogP contribution in [0.2, 0.25) is 0 Å². The fourth-order valence-electron chi connectivity index (χ4n) is 2.02. The van der Waals surface area contributed by atoms with Crippen molar-refractivity contribution in [3.8, 4) is 0 Å². The third-order valence-corrected chi connectivity index (χ3v) is 3.08. The summed E-state index contributed by atoms with van der Waals surface area (Å²) in [4.78, 5) is 2.21. The Kier molecular flexibility index (Phi) is 2.81. The average Bonchev–Trinajstić information content (AvgIpc) is 2.01. The molecule has 0 aromatic carbocycles. The number of halogens is 1. The molecule has 0 aliphatic carbocycles. The molecule has 1 N–H and O–H groups in total. The molecule has 2 fully saturated rings. The first-order valence-electron chi connectivity index (χ1n) is 4.94. The van der Waals surface area contributed by atoms with Crippen molar-refractivity contribution in [2.24, 2.45) is 0 Å². The normalized spacial score (nSPS) is 37.4. The fraction of sp³-hybridized carbons (Fsp3) is 1.00. The Hall–Kier alpha value is -0.190. The first-order valence-corrected chi connectivity index (χ1v) is 4.94. The van der Waals surface area contributed by atoms with E-state index in [1.165, 1.54) is 0 Å². The van der Waals surface area contributed by atoms with E-state index < -0.39 is 6.17 Å². The quantitative estimate of drug-likeness (QED) is 0.661. The number of hydrogen-bond acceptors (Lipinski definition) is 3. The summed E-state index contributed by atoms with van der Waals surface area (Å²) in [6.45, 7) is 3.15. The van der Waals surface area contributed by atoms with Crippen LogP contribution in [0, 0.1) is 0 Å². The van der Waals surface area contributed by atoms with Gasteiger partial charge in [0, 0.05) is 19.1 Å². The van der Waals surface area contributed by atoms with Gasteiger partial charge in [-0.15, -0.1) is 0 Å². The summed E-state index contributed by atoms with van der Waals surface area (Å²) in [6.07, 6.45) is 0.188. The van der Waals surface area contributed by atoms with E-state index in [0.717, 1.165) is 26.2 Å². The summed E-state index contributed by atoms with van der Waals surface area (Å²) in [5.74, 6) is 0. The van der Waals surface area contributed by atoms with Crippen LogP contribution in [-0.4, -0.2) is 56.5 Å². The molecule has 0 radical (unpaired) electrons. The molecule has 0 bridgehead atoms. The van der Waals surface area contributed by atoms with Gasteiger partial charge in [0.25, 0.3) is 0 Å². The Bertz CT molecular complexity index is 175. The first kappa shape index (κ1) is 9.37. The smallest absolute Gasteiger partial charge is 0.128 e. The molecule has 2 aliphatic heterocycles. The van der Waals surface area contributed by atoms with Gasteiger partial charge in [0.15, 0.2) is 0 Å². The Balaban J connectivity index is 1.83. The highest BCUT2D eigenvalue weighted by Gasteiger charge is 2.34. The van der Waals surface area contributed by atoms with Crippen molar-refractivity contribution >= 4 is 0 Å². The predicted molar refractivity (Wildman–Crippen MR) is 48.5 cm³/mol. The summed E-state index contributed by atoms with van der Waals surface area (Å²) in [5, 5.41) is 3.02. The number of piperidine rings is 1. The van der Waals surface area contributed by atoms with E-state index in [1.807, 2.05) is 7.05 Å². The summed E-state index contributed by atoms with van der Waals surface area (Å²) in [6, 6.07) is 0.535. The lowest BCUT2D eigenvalue weighted by molar-refractivity contribution is -0.0815. The highest BCUT2D eigenvalue weighted by Crippen LogP contribution is 2.19. The van der Waals surface area contributed by atoms with Gasteiger partial charge < -0.3 is 10.1 Å². The lowest BCUT2D eigenvalue weighted by Crippen LogP contribution is -2.57. The van der Waals surface area contributed by atoms with E-state index in [2.05, 4.69) is 10.2 Å². The van der Waals surface area contributed by atoms with Crippen LogP contribution in [0.4, 0.5) is 4.39 Å². The third-order valence-electron chi connectivity index (χ3n) is 3.08. The third kappa shape index (κ3) is 1.85. The monoisotopic (exact) mass is 188 g/mol. The van der Waals surface area contributed by atoms with Gasteiger partial charge in [-0.05, 0) is 13.5 Å². The van der Waals surface area contributed by atoms with Gasteiger partial charge in [0.1, 0.15) is 6.17 Å². The maximum atomic E-state index is 13.5. The standard InChI is InChI=1S/C9H17FN2O/c1-11-9-2-3-12(4-8(9)10)7-5-13-6-7/h7-9,11H,2-6H2,1H3. The molecule has 0 saturated carbocycles. The molecule has 13 heavy (non-hydrogen) atoms. The Morgan fingerprint density at radius 3 is 2.69 bits per heavy atom. The van der Waals surface area contributed by atoms with Crippen molar-refractivity contribution in [1.29, 1.82) is 0 Å². The summed E-state index contributed by atoms with van der Waals surface area (Å²) < 4.78 is 18.6. The second-order valence-corrected chi connectivity index (χ2v) is 3.89. The van der Waals surface area contributed by atoms with Crippen LogP contribution >= 0.6 is 0 Å². The minimum Gasteiger partial charge on any atom is -0.378 e. The molecule has 2 saturated heterocycles. The number of nitrogens with zero attached hydrogens (tertiary/aromatic N) is 1. The summed E-state index contributed by atoms with van der Waals surface area (Å²) >= 11 is 0. The molecule has 4 heteroatoms. The maximum Gasteiger partial charge on any atom is 0.128 e. The SMILES string of the molecule is CNC1CCN(C2COC2)CC1F. The highest BCUT2D eigenvalue weighted by molar-refractivity contribution is 4.89. The van der Waals surface area contributed by atoms with Crippen molar-refractivity contribution in [2.45, 2.75) is 24.7 Å². The average molecular weight is 188 g/mol. The number of ether oxygens (including phenoxy) is 1. The molecule has 0 amide bonds. The van der Waals surface area contributed by atoms with Crippen LogP contribution in [0.15, 0.2) is 0 Å². The van der Waals surface area contributed by atoms with E-state index in [-0.39, 0.29) is 6.04 Å². The molecule has 2 unspecified atom stereocenters. The Labute approximate surface area is 78.2 Å². The van der Waals surface area contributed by atoms with Crippen LogP contribution in [-0.2, 0) is 4.74 Å². The molecule has 2 heterocycles. The molecule has 0 aromatic heterocycles. The zero-order chi connectivity index (χ0) is 9.26. The Morgan fingerprint density at radius 1 is 1.46 bits per heavy atom. The van der Waals surface area contributed by atoms with Crippen molar-refractivity contribution in [1.82, 2.24) is 10.2 Å². The van der Waals surface area contributed by atoms with Crippen LogP contribution in [0.3, 0.4) is 0 Å². The van der Waals surface area contributed by atoms with E-state index in [9.17, 15) is 4.39 Å². The molecule has 2 rings (SSSR count). The number of likely N-dealkylation sites (tertiary alicyclic amines) is 1. The summed E-state index contributed by atoms with van der Waals surface area (Å²) in [5.41, 5.74) is 0. The van der Waals surface area contributed by atoms with Crippen molar-refractivity contribution in [3.05, 3.63) is 0 Å². The zero-order valence-corrected chi connectivity index (χ0v) is 8.00. The molecule has 3 nitrogen and oxygen atoms in total. The number of nitrogens with one attached hydrogen (secondary N) is 1. The Morgan fingerprint density at radius 2 is 2.23 bits per heavy atom. The van der Waals surface area contributed by atoms with E-state index >= 15 is 0 Å². The number of rotatable bonds is 2. The van der Waals surface area contributed by atoms with Gasteiger partial charge in [0.2, 0.25) is 0 Å². The van der Waals surface area contributed by atoms with Gasteiger partial charge in [0.05, 0.1) is 19.3 Å². The maximum absolute atomic E-state index is 13.5. The van der Waals surface area contributed by atoms with E-state index in [4.69, 9.17) is 4.74 Å². The number of alkyl halides is 1. The van der Waals surface area contributed by atoms with Crippen LogP contribution in [0.1, 0.15) is 6.42 Å². The van der Waals surface area contributed by atoms with E-state index in [0.29, 0.717) is 12.6 Å². The van der Waals surface area contributed by atoms with Crippen molar-refractivity contribution in [3.63, 3.8) is 0 Å². The van der Waals surface area contributed by atoms with Gasteiger partial charge in [-0.1, -0.05) is 0 Å². The number of hydrogen-bond donors (Lipinski definition) is 1. The molecule has 0 aromatic rings. The minimum absolute atomic E-state index is 0.0530. The van der Waals surface area contributed by atoms with Crippen LogP contribution in [0.25, 0.3) is 0 Å². The van der Waals surface area contributed by atoms with Crippen LogP contribution < -0.4 is 5.32 Å². The van der Waals surface area contributed by atoms with Gasteiger partial charge in [-0.2, -0.15) is 0 Å². The fourth-order valence-corrected chi connectivity index (χ4v) is 2.02. The van der Waals surface area contributed by atoms with Crippen molar-refractivity contribution < 1.29 is 9.13 Å². The zero-order valence-electron chi connectivity index (χ0n) is 8.00. The largest absolute Gasteiger partial charge is 0.378 e. The summed E-state index contributed by atoms with van der Waals surface area (Å²) in [7, 11) is 1.83. The van der Waals surface area contributed by atoms with Gasteiger partial charge in [-0.3, -0.25) is 4.90 Å². The molecule has 0 spiro atoms. The van der Waals surface area contributed by atoms with Crippen LogP contribution in [0.5, 0.6) is 0 Å².